The van der Waals surface area contributed by atoms with Crippen LogP contribution in [0.1, 0.15) is 0 Å². The van der Waals surface area contributed by atoms with Crippen LogP contribution in [0.5, 0.6) is 0 Å². The maximum absolute atomic E-state index is 9.31. The van der Waals surface area contributed by atoms with Crippen LogP contribution in [0.25, 0.3) is 0 Å². The number of rotatable bonds is 1. The van der Waals surface area contributed by atoms with Crippen molar-refractivity contribution in [2.75, 3.05) is 20.3 Å². The van der Waals surface area contributed by atoms with E-state index in [-0.39, 0.29) is 18.3 Å². The summed E-state index contributed by atoms with van der Waals surface area (Å²) in [6.07, 6.45) is -0.702. The largest absolute Gasteiger partial charge is 0.388 e. The fourth-order valence-electron chi connectivity index (χ4n) is 1.65. The molecule has 1 unspecified atom stereocenters. The van der Waals surface area contributed by atoms with Gasteiger partial charge in [0, 0.05) is 7.11 Å². The molecule has 0 aromatic heterocycles. The van der Waals surface area contributed by atoms with Crippen molar-refractivity contribution in [2.45, 2.75) is 24.4 Å². The summed E-state index contributed by atoms with van der Waals surface area (Å²) in [5.74, 6) is 0. The monoisotopic (exact) mass is 160 g/mol. The number of hydrogen-bond donors (Lipinski definition) is 1. The lowest BCUT2D eigenvalue weighted by atomic mass is 10.1. The van der Waals surface area contributed by atoms with E-state index in [4.69, 9.17) is 14.2 Å². The third-order valence-electron chi connectivity index (χ3n) is 2.28. The van der Waals surface area contributed by atoms with Crippen molar-refractivity contribution >= 4 is 0 Å². The number of hydrogen-bond acceptors (Lipinski definition) is 4. The normalized spacial score (nSPS) is 49.6. The van der Waals surface area contributed by atoms with Crippen molar-refractivity contribution in [1.82, 2.24) is 0 Å². The highest BCUT2D eigenvalue weighted by molar-refractivity contribution is 4.94. The van der Waals surface area contributed by atoms with Gasteiger partial charge in [-0.3, -0.25) is 0 Å². The van der Waals surface area contributed by atoms with Gasteiger partial charge >= 0.3 is 0 Å². The van der Waals surface area contributed by atoms with Gasteiger partial charge in [0.25, 0.3) is 0 Å². The molecule has 11 heavy (non-hydrogen) atoms. The molecule has 0 radical (unpaired) electrons. The molecule has 2 aliphatic rings. The van der Waals surface area contributed by atoms with Crippen LogP contribution in [0.4, 0.5) is 0 Å². The van der Waals surface area contributed by atoms with Gasteiger partial charge in [-0.15, -0.1) is 0 Å². The molecule has 2 fully saturated rings. The molecule has 2 heterocycles. The topological polar surface area (TPSA) is 47.9 Å². The summed E-state index contributed by atoms with van der Waals surface area (Å²) in [5, 5.41) is 9.31. The Bertz CT molecular complexity index is 149. The summed E-state index contributed by atoms with van der Waals surface area (Å²) in [6, 6.07) is 0. The van der Waals surface area contributed by atoms with Crippen LogP contribution in [0.3, 0.4) is 0 Å². The molecule has 4 nitrogen and oxygen atoms in total. The fraction of sp³-hybridized carbons (Fsp3) is 1.00. The zero-order valence-electron chi connectivity index (χ0n) is 6.40. The second kappa shape index (κ2) is 2.71. The minimum atomic E-state index is -0.472. The van der Waals surface area contributed by atoms with Crippen molar-refractivity contribution in [3.8, 4) is 0 Å². The molecule has 4 heteroatoms. The first-order valence-corrected chi connectivity index (χ1v) is 3.77. The Labute approximate surface area is 65.1 Å². The zero-order chi connectivity index (χ0) is 7.84. The molecule has 4 atom stereocenters. The maximum atomic E-state index is 9.31. The maximum Gasteiger partial charge on any atom is 0.115 e. The number of aliphatic hydroxyl groups is 1. The summed E-state index contributed by atoms with van der Waals surface area (Å²) >= 11 is 0. The highest BCUT2D eigenvalue weighted by atomic mass is 16.6. The van der Waals surface area contributed by atoms with Gasteiger partial charge in [0.2, 0.25) is 0 Å². The van der Waals surface area contributed by atoms with Crippen molar-refractivity contribution in [3.05, 3.63) is 0 Å². The Hall–Kier alpha value is -0.160. The van der Waals surface area contributed by atoms with E-state index in [9.17, 15) is 5.11 Å². The smallest absolute Gasteiger partial charge is 0.115 e. The van der Waals surface area contributed by atoms with Crippen LogP contribution in [0.2, 0.25) is 0 Å². The average Bonchev–Trinajstić information content (AvgIpc) is 2.53. The van der Waals surface area contributed by atoms with E-state index in [0.717, 1.165) is 0 Å². The Morgan fingerprint density at radius 3 is 2.73 bits per heavy atom. The van der Waals surface area contributed by atoms with Gasteiger partial charge in [-0.25, -0.2) is 0 Å². The second-order valence-corrected chi connectivity index (χ2v) is 2.94. The molecule has 64 valence electrons. The third kappa shape index (κ3) is 1.06. The summed E-state index contributed by atoms with van der Waals surface area (Å²) in [5.41, 5.74) is 0. The minimum Gasteiger partial charge on any atom is -0.388 e. The standard InChI is InChI=1S/C7H12O4/c1-9-5-3-11-6-4(8)2-10-7(5)6/h4-8H,2-3H2,1H3/t4-,5-,6?,7-/m1/s1. The number of aliphatic hydroxyl groups excluding tert-OH is 1. The van der Waals surface area contributed by atoms with Crippen LogP contribution in [-0.4, -0.2) is 49.8 Å². The van der Waals surface area contributed by atoms with Crippen LogP contribution in [-0.2, 0) is 14.2 Å². The van der Waals surface area contributed by atoms with Crippen LogP contribution >= 0.6 is 0 Å². The molecule has 0 aliphatic carbocycles. The molecule has 0 bridgehead atoms. The van der Waals surface area contributed by atoms with E-state index < -0.39 is 6.10 Å². The first-order valence-electron chi connectivity index (χ1n) is 3.77. The number of fused-ring (bicyclic) bond motifs is 1. The van der Waals surface area contributed by atoms with Crippen molar-refractivity contribution in [3.63, 3.8) is 0 Å². The molecule has 0 saturated carbocycles. The number of ether oxygens (including phenoxy) is 3. The molecule has 1 N–H and O–H groups in total. The second-order valence-electron chi connectivity index (χ2n) is 2.94. The Balaban J connectivity index is 2.04. The summed E-state index contributed by atoms with van der Waals surface area (Å²) < 4.78 is 15.7. The van der Waals surface area contributed by atoms with Crippen molar-refractivity contribution in [2.24, 2.45) is 0 Å². The molecule has 2 aliphatic heterocycles. The van der Waals surface area contributed by atoms with Crippen molar-refractivity contribution < 1.29 is 19.3 Å². The van der Waals surface area contributed by atoms with Crippen LogP contribution < -0.4 is 0 Å². The predicted octanol–water partition coefficient (Wildman–Crippen LogP) is -0.840. The molecule has 2 saturated heterocycles. The Kier molecular flexibility index (Phi) is 1.85. The Morgan fingerprint density at radius 1 is 1.27 bits per heavy atom. The van der Waals surface area contributed by atoms with Gasteiger partial charge in [0.15, 0.2) is 0 Å². The first-order chi connectivity index (χ1) is 5.33. The summed E-state index contributed by atoms with van der Waals surface area (Å²) in [6.45, 7) is 0.901. The first kappa shape index (κ1) is 7.49. The molecule has 0 amide bonds. The highest BCUT2D eigenvalue weighted by Gasteiger charge is 2.47. The SMILES string of the molecule is CO[C@@H]1COC2[C@H](O)CO[C@@H]21. The third-order valence-corrected chi connectivity index (χ3v) is 2.28. The molecule has 2 rings (SSSR count). The van der Waals surface area contributed by atoms with E-state index in [1.165, 1.54) is 0 Å². The zero-order valence-corrected chi connectivity index (χ0v) is 6.40. The lowest BCUT2D eigenvalue weighted by Crippen LogP contribution is -2.32. The van der Waals surface area contributed by atoms with Gasteiger partial charge in [-0.2, -0.15) is 0 Å². The van der Waals surface area contributed by atoms with E-state index in [0.29, 0.717) is 13.2 Å². The van der Waals surface area contributed by atoms with Gasteiger partial charge in [-0.05, 0) is 0 Å². The van der Waals surface area contributed by atoms with Gasteiger partial charge in [0.05, 0.1) is 13.2 Å². The highest BCUT2D eigenvalue weighted by Crippen LogP contribution is 2.28. The molecule has 0 aromatic carbocycles. The molecule has 0 spiro atoms. The van der Waals surface area contributed by atoms with Gasteiger partial charge in [0.1, 0.15) is 24.4 Å². The lowest BCUT2D eigenvalue weighted by molar-refractivity contribution is -0.0168. The molecular weight excluding hydrogens is 148 g/mol. The molecular formula is C7H12O4. The van der Waals surface area contributed by atoms with Crippen LogP contribution in [0.15, 0.2) is 0 Å². The Morgan fingerprint density at radius 2 is 2.00 bits per heavy atom. The van der Waals surface area contributed by atoms with E-state index in [1.807, 2.05) is 0 Å². The van der Waals surface area contributed by atoms with E-state index >= 15 is 0 Å². The minimum absolute atomic E-state index is 0.00264. The predicted molar refractivity (Wildman–Crippen MR) is 36.3 cm³/mol. The van der Waals surface area contributed by atoms with Crippen molar-refractivity contribution in [1.29, 1.82) is 0 Å². The van der Waals surface area contributed by atoms with Gasteiger partial charge in [-0.1, -0.05) is 0 Å². The quantitative estimate of drug-likeness (QED) is 0.543. The lowest BCUT2D eigenvalue weighted by Gasteiger charge is -2.12. The summed E-state index contributed by atoms with van der Waals surface area (Å²) in [4.78, 5) is 0. The number of methoxy groups -OCH3 is 1. The van der Waals surface area contributed by atoms with Crippen LogP contribution in [0, 0.1) is 0 Å². The molecule has 0 aromatic rings. The fourth-order valence-corrected chi connectivity index (χ4v) is 1.65. The van der Waals surface area contributed by atoms with E-state index in [2.05, 4.69) is 0 Å². The van der Waals surface area contributed by atoms with Gasteiger partial charge < -0.3 is 19.3 Å². The average molecular weight is 160 g/mol. The van der Waals surface area contributed by atoms with E-state index in [1.54, 1.807) is 7.11 Å². The summed E-state index contributed by atoms with van der Waals surface area (Å²) in [7, 11) is 1.63.